The highest BCUT2D eigenvalue weighted by Crippen LogP contribution is 2.24. The van der Waals surface area contributed by atoms with Gasteiger partial charge in [0.1, 0.15) is 5.78 Å². The number of halogens is 1. The van der Waals surface area contributed by atoms with E-state index in [1.807, 2.05) is 27.7 Å². The SMILES string of the molecule is CCC(C)(Cl)CC(=O)C(C)C. The summed E-state index contributed by atoms with van der Waals surface area (Å²) in [5.41, 5.74) is 0. The molecule has 0 radical (unpaired) electrons. The molecule has 0 saturated carbocycles. The van der Waals surface area contributed by atoms with Crippen molar-refractivity contribution in [2.45, 2.75) is 45.4 Å². The second kappa shape index (κ2) is 4.10. The summed E-state index contributed by atoms with van der Waals surface area (Å²) >= 11 is 6.04. The quantitative estimate of drug-likeness (QED) is 0.602. The Kier molecular flexibility index (Phi) is 4.09. The van der Waals surface area contributed by atoms with Gasteiger partial charge in [-0.2, -0.15) is 0 Å². The molecular formula is C9H17ClO. The van der Waals surface area contributed by atoms with Crippen molar-refractivity contribution in [2.24, 2.45) is 5.92 Å². The third kappa shape index (κ3) is 4.41. The highest BCUT2D eigenvalue weighted by molar-refractivity contribution is 6.24. The van der Waals surface area contributed by atoms with Crippen LogP contribution < -0.4 is 0 Å². The fraction of sp³-hybridized carbons (Fsp3) is 0.889. The van der Waals surface area contributed by atoms with E-state index in [-0.39, 0.29) is 16.6 Å². The highest BCUT2D eigenvalue weighted by atomic mass is 35.5. The van der Waals surface area contributed by atoms with Gasteiger partial charge in [-0.3, -0.25) is 4.79 Å². The predicted octanol–water partition coefficient (Wildman–Crippen LogP) is 3.01. The van der Waals surface area contributed by atoms with E-state index in [0.717, 1.165) is 6.42 Å². The predicted molar refractivity (Wildman–Crippen MR) is 49.0 cm³/mol. The number of alkyl halides is 1. The average Bonchev–Trinajstić information content (AvgIpc) is 1.87. The lowest BCUT2D eigenvalue weighted by Gasteiger charge is -2.19. The van der Waals surface area contributed by atoms with E-state index in [0.29, 0.717) is 6.42 Å². The van der Waals surface area contributed by atoms with Crippen molar-refractivity contribution < 1.29 is 4.79 Å². The largest absolute Gasteiger partial charge is 0.299 e. The Labute approximate surface area is 74.1 Å². The van der Waals surface area contributed by atoms with Crippen molar-refractivity contribution in [3.8, 4) is 0 Å². The summed E-state index contributed by atoms with van der Waals surface area (Å²) in [4.78, 5) is 10.9. The summed E-state index contributed by atoms with van der Waals surface area (Å²) in [7, 11) is 0. The van der Waals surface area contributed by atoms with Gasteiger partial charge in [-0.15, -0.1) is 11.6 Å². The third-order valence-electron chi connectivity index (χ3n) is 1.92. The molecule has 2 heteroatoms. The summed E-state index contributed by atoms with van der Waals surface area (Å²) in [6.07, 6.45) is 1.33. The first-order chi connectivity index (χ1) is 4.89. The van der Waals surface area contributed by atoms with Crippen LogP contribution in [0, 0.1) is 5.92 Å². The Balaban J connectivity index is 3.94. The van der Waals surface area contributed by atoms with Crippen molar-refractivity contribution in [2.75, 3.05) is 0 Å². The van der Waals surface area contributed by atoms with Gasteiger partial charge in [0.15, 0.2) is 0 Å². The first-order valence-electron chi connectivity index (χ1n) is 4.10. The molecule has 0 aromatic carbocycles. The fourth-order valence-corrected chi connectivity index (χ4v) is 0.824. The molecule has 0 saturated heterocycles. The number of carbonyl (C=O) groups excluding carboxylic acids is 1. The number of ketones is 1. The van der Waals surface area contributed by atoms with Crippen LogP contribution in [0.2, 0.25) is 0 Å². The summed E-state index contributed by atoms with van der Waals surface area (Å²) < 4.78 is 0. The second-order valence-electron chi connectivity index (χ2n) is 3.56. The molecular weight excluding hydrogens is 160 g/mol. The molecule has 0 aliphatic heterocycles. The fourth-order valence-electron chi connectivity index (χ4n) is 0.692. The van der Waals surface area contributed by atoms with Crippen LogP contribution in [0.25, 0.3) is 0 Å². The smallest absolute Gasteiger partial charge is 0.137 e. The number of Topliss-reactive ketones (excluding diaryl/α,β-unsaturated/α-hetero) is 1. The normalized spacial score (nSPS) is 16.5. The zero-order valence-corrected chi connectivity index (χ0v) is 8.53. The molecule has 0 N–H and O–H groups in total. The van der Waals surface area contributed by atoms with Crippen LogP contribution in [0.15, 0.2) is 0 Å². The number of carbonyl (C=O) groups is 1. The monoisotopic (exact) mass is 176 g/mol. The van der Waals surface area contributed by atoms with Crippen LogP contribution in [0.1, 0.15) is 40.5 Å². The standard InChI is InChI=1S/C9H17ClO/c1-5-9(4,10)6-8(11)7(2)3/h7H,5-6H2,1-4H3. The second-order valence-corrected chi connectivity index (χ2v) is 4.48. The Morgan fingerprint density at radius 2 is 2.00 bits per heavy atom. The van der Waals surface area contributed by atoms with Gasteiger partial charge in [-0.25, -0.2) is 0 Å². The van der Waals surface area contributed by atoms with Crippen molar-refractivity contribution >= 4 is 17.4 Å². The van der Waals surface area contributed by atoms with Crippen LogP contribution in [0.3, 0.4) is 0 Å². The van der Waals surface area contributed by atoms with E-state index in [2.05, 4.69) is 0 Å². The molecule has 0 aliphatic carbocycles. The number of hydrogen-bond donors (Lipinski definition) is 0. The van der Waals surface area contributed by atoms with Crippen LogP contribution in [-0.2, 0) is 4.79 Å². The van der Waals surface area contributed by atoms with E-state index in [4.69, 9.17) is 11.6 Å². The maximum atomic E-state index is 11.2. The average molecular weight is 177 g/mol. The minimum absolute atomic E-state index is 0.111. The molecule has 0 fully saturated rings. The topological polar surface area (TPSA) is 17.1 Å². The summed E-state index contributed by atoms with van der Waals surface area (Å²) in [5.74, 6) is 0.365. The lowest BCUT2D eigenvalue weighted by atomic mass is 9.95. The number of hydrogen-bond acceptors (Lipinski definition) is 1. The zero-order valence-electron chi connectivity index (χ0n) is 7.78. The van der Waals surface area contributed by atoms with Crippen molar-refractivity contribution in [3.05, 3.63) is 0 Å². The Morgan fingerprint density at radius 3 is 2.27 bits per heavy atom. The highest BCUT2D eigenvalue weighted by Gasteiger charge is 2.23. The molecule has 0 rings (SSSR count). The van der Waals surface area contributed by atoms with Crippen LogP contribution >= 0.6 is 11.6 Å². The van der Waals surface area contributed by atoms with E-state index in [1.54, 1.807) is 0 Å². The molecule has 0 aromatic rings. The third-order valence-corrected chi connectivity index (χ3v) is 2.32. The molecule has 0 aliphatic rings. The first-order valence-corrected chi connectivity index (χ1v) is 4.48. The molecule has 0 heterocycles. The van der Waals surface area contributed by atoms with E-state index < -0.39 is 0 Å². The molecule has 1 atom stereocenters. The lowest BCUT2D eigenvalue weighted by Crippen LogP contribution is -2.22. The molecule has 0 spiro atoms. The molecule has 66 valence electrons. The molecule has 1 unspecified atom stereocenters. The minimum atomic E-state index is -0.332. The van der Waals surface area contributed by atoms with Crippen molar-refractivity contribution in [1.29, 1.82) is 0 Å². The van der Waals surface area contributed by atoms with Crippen LogP contribution in [0.5, 0.6) is 0 Å². The van der Waals surface area contributed by atoms with Crippen LogP contribution in [0.4, 0.5) is 0 Å². The Morgan fingerprint density at radius 1 is 1.55 bits per heavy atom. The first kappa shape index (κ1) is 11.0. The van der Waals surface area contributed by atoms with Gasteiger partial charge in [-0.1, -0.05) is 20.8 Å². The minimum Gasteiger partial charge on any atom is -0.299 e. The van der Waals surface area contributed by atoms with Gasteiger partial charge < -0.3 is 0 Å². The van der Waals surface area contributed by atoms with Crippen molar-refractivity contribution in [3.63, 3.8) is 0 Å². The van der Waals surface area contributed by atoms with Crippen LogP contribution in [-0.4, -0.2) is 10.7 Å². The maximum absolute atomic E-state index is 11.2. The number of rotatable bonds is 4. The molecule has 0 amide bonds. The van der Waals surface area contributed by atoms with Gasteiger partial charge in [0, 0.05) is 17.2 Å². The molecule has 0 aromatic heterocycles. The Bertz CT molecular complexity index is 138. The summed E-state index contributed by atoms with van der Waals surface area (Å²) in [6.45, 7) is 7.73. The summed E-state index contributed by atoms with van der Waals surface area (Å²) in [5, 5.41) is 0. The van der Waals surface area contributed by atoms with E-state index in [9.17, 15) is 4.79 Å². The van der Waals surface area contributed by atoms with E-state index in [1.165, 1.54) is 0 Å². The van der Waals surface area contributed by atoms with Crippen molar-refractivity contribution in [1.82, 2.24) is 0 Å². The molecule has 1 nitrogen and oxygen atoms in total. The summed E-state index contributed by atoms with van der Waals surface area (Å²) in [6, 6.07) is 0. The van der Waals surface area contributed by atoms with Gasteiger partial charge in [0.25, 0.3) is 0 Å². The molecule has 11 heavy (non-hydrogen) atoms. The van der Waals surface area contributed by atoms with Gasteiger partial charge >= 0.3 is 0 Å². The molecule has 0 bridgehead atoms. The van der Waals surface area contributed by atoms with Gasteiger partial charge in [0.2, 0.25) is 0 Å². The zero-order chi connectivity index (χ0) is 9.07. The van der Waals surface area contributed by atoms with Gasteiger partial charge in [0.05, 0.1) is 0 Å². The Hall–Kier alpha value is -0.0400. The maximum Gasteiger partial charge on any atom is 0.137 e. The van der Waals surface area contributed by atoms with E-state index >= 15 is 0 Å². The lowest BCUT2D eigenvalue weighted by molar-refractivity contribution is -0.122. The van der Waals surface area contributed by atoms with Gasteiger partial charge in [-0.05, 0) is 13.3 Å².